The Labute approximate surface area is 217 Å². The number of benzene rings is 2. The number of aromatic nitrogens is 2. The topological polar surface area (TPSA) is 85.4 Å². The first-order valence-corrected chi connectivity index (χ1v) is 13.3. The van der Waals surface area contributed by atoms with Gasteiger partial charge in [-0.15, -0.1) is 0 Å². The number of piperidine rings is 1. The third kappa shape index (κ3) is 4.37. The van der Waals surface area contributed by atoms with Gasteiger partial charge in [-0.2, -0.15) is 5.26 Å². The van der Waals surface area contributed by atoms with Crippen molar-refractivity contribution < 1.29 is 9.50 Å². The number of hydrogen-bond acceptors (Lipinski definition) is 7. The highest BCUT2D eigenvalue weighted by Crippen LogP contribution is 2.40. The molecule has 0 amide bonds. The van der Waals surface area contributed by atoms with Crippen molar-refractivity contribution in [3.63, 3.8) is 0 Å². The lowest BCUT2D eigenvalue weighted by molar-refractivity contribution is 0.145. The molecule has 1 saturated carbocycles. The molecule has 3 heterocycles. The summed E-state index contributed by atoms with van der Waals surface area (Å²) in [7, 11) is 1.90. The van der Waals surface area contributed by atoms with Gasteiger partial charge in [-0.25, -0.2) is 9.37 Å². The summed E-state index contributed by atoms with van der Waals surface area (Å²) in [5.74, 6) is -0.345. The van der Waals surface area contributed by atoms with Crippen LogP contribution in [0.4, 0.5) is 20.9 Å². The quantitative estimate of drug-likeness (QED) is 0.393. The molecule has 2 aromatic carbocycles. The molecule has 2 aromatic heterocycles. The Morgan fingerprint density at radius 3 is 2.51 bits per heavy atom. The van der Waals surface area contributed by atoms with Gasteiger partial charge in [0.25, 0.3) is 5.56 Å². The zero-order chi connectivity index (χ0) is 25.7. The normalized spacial score (nSPS) is 16.2. The van der Waals surface area contributed by atoms with Gasteiger partial charge in [0.1, 0.15) is 22.5 Å². The van der Waals surface area contributed by atoms with Gasteiger partial charge in [-0.1, -0.05) is 11.3 Å². The minimum Gasteiger partial charge on any atom is -0.393 e. The number of pyridine rings is 1. The Balaban J connectivity index is 1.47. The number of nitrogens with zero attached hydrogens (tertiary/aromatic N) is 5. The lowest BCUT2D eigenvalue weighted by Gasteiger charge is -2.32. The van der Waals surface area contributed by atoms with E-state index in [-0.39, 0.29) is 23.5 Å². The highest BCUT2D eigenvalue weighted by atomic mass is 32.1. The van der Waals surface area contributed by atoms with Crippen LogP contribution in [0.3, 0.4) is 0 Å². The highest BCUT2D eigenvalue weighted by molar-refractivity contribution is 7.16. The van der Waals surface area contributed by atoms with Gasteiger partial charge in [0.15, 0.2) is 5.13 Å². The Morgan fingerprint density at radius 2 is 1.84 bits per heavy atom. The van der Waals surface area contributed by atoms with Crippen LogP contribution in [-0.2, 0) is 0 Å². The number of aliphatic hydroxyl groups is 1. The molecule has 1 N–H and O–H groups in total. The SMILES string of the molecule is CN(c1nc(-c2ccc(F)cc2)c(C#N)s1)c1cn(C2CC2)c(=O)c2ccc(N3CCC(O)CC3)cc12. The molecule has 0 radical (unpaired) electrons. The van der Waals surface area contributed by atoms with E-state index in [1.54, 1.807) is 12.1 Å². The van der Waals surface area contributed by atoms with Crippen molar-refractivity contribution in [2.75, 3.05) is 29.9 Å². The molecule has 0 bridgehead atoms. The predicted octanol–water partition coefficient (Wildman–Crippen LogP) is 5.20. The van der Waals surface area contributed by atoms with Crippen molar-refractivity contribution >= 4 is 38.6 Å². The summed E-state index contributed by atoms with van der Waals surface area (Å²) in [6.45, 7) is 1.52. The van der Waals surface area contributed by atoms with Crippen LogP contribution in [0.5, 0.6) is 0 Å². The molecule has 6 rings (SSSR count). The minimum absolute atomic E-state index is 0.000815. The molecule has 1 aliphatic carbocycles. The van der Waals surface area contributed by atoms with Crippen molar-refractivity contribution in [3.05, 3.63) is 69.7 Å². The van der Waals surface area contributed by atoms with Crippen molar-refractivity contribution in [1.29, 1.82) is 5.26 Å². The number of aliphatic hydroxyl groups excluding tert-OH is 1. The number of rotatable bonds is 5. The monoisotopic (exact) mass is 515 g/mol. The van der Waals surface area contributed by atoms with Gasteiger partial charge < -0.3 is 19.5 Å². The van der Waals surface area contributed by atoms with E-state index in [0.717, 1.165) is 55.5 Å². The molecule has 1 aliphatic heterocycles. The average Bonchev–Trinajstić information content (AvgIpc) is 3.67. The summed E-state index contributed by atoms with van der Waals surface area (Å²) in [5.41, 5.74) is 3.04. The summed E-state index contributed by atoms with van der Waals surface area (Å²) in [4.78, 5) is 22.8. The van der Waals surface area contributed by atoms with Gasteiger partial charge in [0.05, 0.1) is 11.8 Å². The van der Waals surface area contributed by atoms with Crippen molar-refractivity contribution in [3.8, 4) is 17.3 Å². The molecular formula is C28H26FN5O2S. The second kappa shape index (κ2) is 9.29. The maximum Gasteiger partial charge on any atom is 0.258 e. The molecule has 0 spiro atoms. The molecule has 2 fully saturated rings. The van der Waals surface area contributed by atoms with Crippen LogP contribution in [-0.4, -0.2) is 40.9 Å². The molecule has 9 heteroatoms. The predicted molar refractivity (Wildman–Crippen MR) is 144 cm³/mol. The summed E-state index contributed by atoms with van der Waals surface area (Å²) in [6.07, 6.45) is 5.04. The van der Waals surface area contributed by atoms with Crippen molar-refractivity contribution in [2.24, 2.45) is 0 Å². The van der Waals surface area contributed by atoms with E-state index in [1.807, 2.05) is 34.8 Å². The Morgan fingerprint density at radius 1 is 1.11 bits per heavy atom. The van der Waals surface area contributed by atoms with Crippen LogP contribution < -0.4 is 15.4 Å². The maximum atomic E-state index is 13.5. The van der Waals surface area contributed by atoms with Gasteiger partial charge in [0, 0.05) is 54.4 Å². The van der Waals surface area contributed by atoms with Gasteiger partial charge >= 0.3 is 0 Å². The van der Waals surface area contributed by atoms with E-state index in [2.05, 4.69) is 17.0 Å². The van der Waals surface area contributed by atoms with Gasteiger partial charge in [-0.05, 0) is 68.1 Å². The lowest BCUT2D eigenvalue weighted by atomic mass is 10.0. The average molecular weight is 516 g/mol. The zero-order valence-electron chi connectivity index (χ0n) is 20.4. The fourth-order valence-corrected chi connectivity index (χ4v) is 5.84. The molecule has 37 heavy (non-hydrogen) atoms. The van der Waals surface area contributed by atoms with Crippen LogP contribution >= 0.6 is 11.3 Å². The van der Waals surface area contributed by atoms with Crippen LogP contribution in [0.2, 0.25) is 0 Å². The number of fused-ring (bicyclic) bond motifs is 1. The second-order valence-electron chi connectivity index (χ2n) is 9.76. The standard InChI is InChI=1S/C28H26FN5O2S/c1-32(28-31-26(25(15-30)37-28)17-2-4-18(29)5-3-17)24-16-34(19-6-7-19)27(36)22-9-8-20(14-23(22)24)33-12-10-21(35)11-13-33/h2-5,8-9,14,16,19,21,35H,6-7,10-13H2,1H3. The number of anilines is 3. The van der Waals surface area contributed by atoms with Crippen LogP contribution in [0, 0.1) is 17.1 Å². The molecule has 7 nitrogen and oxygen atoms in total. The summed E-state index contributed by atoms with van der Waals surface area (Å²) < 4.78 is 15.3. The van der Waals surface area contributed by atoms with E-state index >= 15 is 0 Å². The fraction of sp³-hybridized carbons (Fsp3) is 0.321. The third-order valence-electron chi connectivity index (χ3n) is 7.26. The van der Waals surface area contributed by atoms with E-state index in [4.69, 9.17) is 4.98 Å². The lowest BCUT2D eigenvalue weighted by Crippen LogP contribution is -2.35. The second-order valence-corrected chi connectivity index (χ2v) is 10.7. The number of thiazole rings is 1. The first-order valence-electron chi connectivity index (χ1n) is 12.5. The first-order chi connectivity index (χ1) is 17.9. The highest BCUT2D eigenvalue weighted by Gasteiger charge is 2.28. The summed E-state index contributed by atoms with van der Waals surface area (Å²) in [5, 5.41) is 21.8. The molecule has 0 unspecified atom stereocenters. The third-order valence-corrected chi connectivity index (χ3v) is 8.30. The number of hydrogen-bond donors (Lipinski definition) is 1. The smallest absolute Gasteiger partial charge is 0.258 e. The van der Waals surface area contributed by atoms with Crippen molar-refractivity contribution in [2.45, 2.75) is 37.8 Å². The molecule has 0 atom stereocenters. The summed E-state index contributed by atoms with van der Waals surface area (Å²) >= 11 is 1.27. The Kier molecular flexibility index (Phi) is 5.94. The van der Waals surface area contributed by atoms with E-state index < -0.39 is 0 Å². The maximum absolute atomic E-state index is 13.5. The van der Waals surface area contributed by atoms with Crippen molar-refractivity contribution in [1.82, 2.24) is 9.55 Å². The molecule has 188 valence electrons. The van der Waals surface area contributed by atoms with Crippen LogP contribution in [0.15, 0.2) is 53.5 Å². The van der Waals surface area contributed by atoms with E-state index in [1.165, 1.54) is 23.5 Å². The van der Waals surface area contributed by atoms with Gasteiger partial charge in [0.2, 0.25) is 0 Å². The van der Waals surface area contributed by atoms with E-state index in [9.17, 15) is 19.6 Å². The molecule has 4 aromatic rings. The largest absolute Gasteiger partial charge is 0.393 e. The van der Waals surface area contributed by atoms with Crippen LogP contribution in [0.25, 0.3) is 22.0 Å². The zero-order valence-corrected chi connectivity index (χ0v) is 21.2. The first kappa shape index (κ1) is 23.6. The molecule has 2 aliphatic rings. The Bertz CT molecular complexity index is 1580. The number of nitriles is 1. The fourth-order valence-electron chi connectivity index (χ4n) is 4.98. The minimum atomic E-state index is -0.345. The molecular weight excluding hydrogens is 489 g/mol. The van der Waals surface area contributed by atoms with E-state index in [0.29, 0.717) is 26.7 Å². The van der Waals surface area contributed by atoms with Gasteiger partial charge in [-0.3, -0.25) is 4.79 Å². The van der Waals surface area contributed by atoms with Crippen LogP contribution in [0.1, 0.15) is 36.6 Å². The Hall–Kier alpha value is -3.74. The summed E-state index contributed by atoms with van der Waals surface area (Å²) in [6, 6.07) is 14.4. The number of halogens is 1. The molecule has 1 saturated heterocycles.